The minimum absolute atomic E-state index is 0.0863. The summed E-state index contributed by atoms with van der Waals surface area (Å²) in [4.78, 5) is 24.5. The van der Waals surface area contributed by atoms with Gasteiger partial charge in [-0.25, -0.2) is 0 Å². The van der Waals surface area contributed by atoms with Crippen LogP contribution in [0.2, 0.25) is 0 Å². The molecule has 4 nitrogen and oxygen atoms in total. The molecule has 0 aliphatic carbocycles. The Hall–Kier alpha value is -1.84. The van der Waals surface area contributed by atoms with Crippen LogP contribution in [0.3, 0.4) is 0 Å². The van der Waals surface area contributed by atoms with Gasteiger partial charge in [0.15, 0.2) is 0 Å². The Morgan fingerprint density at radius 2 is 1.93 bits per heavy atom. The molecule has 15 heavy (non-hydrogen) atoms. The van der Waals surface area contributed by atoms with E-state index in [2.05, 4.69) is 0 Å². The molecule has 78 valence electrons. The summed E-state index contributed by atoms with van der Waals surface area (Å²) in [5.74, 6) is -0.311. The average molecular weight is 204 g/mol. The molecule has 0 atom stereocenters. The van der Waals surface area contributed by atoms with Gasteiger partial charge in [0.1, 0.15) is 0 Å². The first-order chi connectivity index (χ1) is 7.18. The lowest BCUT2D eigenvalue weighted by atomic mass is 10.2. The van der Waals surface area contributed by atoms with E-state index in [9.17, 15) is 9.59 Å². The number of hydrogen-bond donors (Lipinski definition) is 1. The molecule has 0 unspecified atom stereocenters. The molecule has 1 saturated heterocycles. The SMILES string of the molecule is Nc1ccc(C(=O)N2CCCC2=O)cc1. The summed E-state index contributed by atoms with van der Waals surface area (Å²) in [7, 11) is 0. The molecule has 2 amide bonds. The van der Waals surface area contributed by atoms with Crippen molar-refractivity contribution in [3.63, 3.8) is 0 Å². The molecule has 2 rings (SSSR count). The van der Waals surface area contributed by atoms with Crippen molar-refractivity contribution < 1.29 is 9.59 Å². The van der Waals surface area contributed by atoms with E-state index in [4.69, 9.17) is 5.73 Å². The van der Waals surface area contributed by atoms with Crippen LogP contribution in [0.5, 0.6) is 0 Å². The molecule has 1 aliphatic heterocycles. The minimum Gasteiger partial charge on any atom is -0.399 e. The first-order valence-corrected chi connectivity index (χ1v) is 4.89. The molecule has 0 saturated carbocycles. The normalized spacial score (nSPS) is 15.7. The Morgan fingerprint density at radius 1 is 1.27 bits per heavy atom. The number of benzene rings is 1. The highest BCUT2D eigenvalue weighted by Crippen LogP contribution is 2.15. The Labute approximate surface area is 87.7 Å². The molecular weight excluding hydrogens is 192 g/mol. The number of carbonyl (C=O) groups excluding carboxylic acids is 2. The minimum atomic E-state index is -0.225. The summed E-state index contributed by atoms with van der Waals surface area (Å²) < 4.78 is 0. The highest BCUT2D eigenvalue weighted by atomic mass is 16.2. The van der Waals surface area contributed by atoms with Gasteiger partial charge in [-0.15, -0.1) is 0 Å². The van der Waals surface area contributed by atoms with E-state index in [-0.39, 0.29) is 11.8 Å². The number of imide groups is 1. The molecule has 2 N–H and O–H groups in total. The van der Waals surface area contributed by atoms with E-state index >= 15 is 0 Å². The summed E-state index contributed by atoms with van der Waals surface area (Å²) in [5, 5.41) is 0. The van der Waals surface area contributed by atoms with Gasteiger partial charge in [-0.05, 0) is 30.7 Å². The third-order valence-electron chi connectivity index (χ3n) is 2.48. The summed E-state index contributed by atoms with van der Waals surface area (Å²) in [6.45, 7) is 0.530. The van der Waals surface area contributed by atoms with Gasteiger partial charge in [0.05, 0.1) is 0 Å². The molecule has 1 aliphatic rings. The zero-order valence-electron chi connectivity index (χ0n) is 8.27. The van der Waals surface area contributed by atoms with E-state index in [0.717, 1.165) is 6.42 Å². The van der Waals surface area contributed by atoms with Crippen LogP contribution >= 0.6 is 0 Å². The topological polar surface area (TPSA) is 63.4 Å². The molecular formula is C11H12N2O2. The van der Waals surface area contributed by atoms with Crippen molar-refractivity contribution in [1.82, 2.24) is 4.90 Å². The van der Waals surface area contributed by atoms with Gasteiger partial charge < -0.3 is 5.73 Å². The van der Waals surface area contributed by atoms with Crippen molar-refractivity contribution in [2.45, 2.75) is 12.8 Å². The van der Waals surface area contributed by atoms with Crippen molar-refractivity contribution >= 4 is 17.5 Å². The van der Waals surface area contributed by atoms with Crippen molar-refractivity contribution in [3.8, 4) is 0 Å². The van der Waals surface area contributed by atoms with Gasteiger partial charge in [0, 0.05) is 24.2 Å². The van der Waals surface area contributed by atoms with Crippen LogP contribution in [-0.4, -0.2) is 23.3 Å². The van der Waals surface area contributed by atoms with Gasteiger partial charge in [0.25, 0.3) is 5.91 Å². The lowest BCUT2D eigenvalue weighted by Crippen LogP contribution is -2.31. The standard InChI is InChI=1S/C11H12N2O2/c12-9-5-3-8(4-6-9)11(15)13-7-1-2-10(13)14/h3-6H,1-2,7,12H2. The van der Waals surface area contributed by atoms with E-state index in [1.165, 1.54) is 4.90 Å². The zero-order chi connectivity index (χ0) is 10.8. The number of rotatable bonds is 1. The highest BCUT2D eigenvalue weighted by Gasteiger charge is 2.26. The van der Waals surface area contributed by atoms with Crippen LogP contribution in [0.1, 0.15) is 23.2 Å². The Morgan fingerprint density at radius 3 is 2.47 bits per heavy atom. The Kier molecular flexibility index (Phi) is 2.41. The molecule has 0 radical (unpaired) electrons. The first-order valence-electron chi connectivity index (χ1n) is 4.89. The van der Waals surface area contributed by atoms with Crippen LogP contribution in [0.15, 0.2) is 24.3 Å². The second-order valence-corrected chi connectivity index (χ2v) is 3.58. The second-order valence-electron chi connectivity index (χ2n) is 3.58. The zero-order valence-corrected chi connectivity index (χ0v) is 8.27. The van der Waals surface area contributed by atoms with Gasteiger partial charge in [-0.2, -0.15) is 0 Å². The third kappa shape index (κ3) is 1.83. The van der Waals surface area contributed by atoms with Crippen LogP contribution in [0.4, 0.5) is 5.69 Å². The molecule has 0 aromatic heterocycles. The molecule has 4 heteroatoms. The number of hydrogen-bond acceptors (Lipinski definition) is 3. The van der Waals surface area contributed by atoms with Crippen LogP contribution in [0, 0.1) is 0 Å². The smallest absolute Gasteiger partial charge is 0.260 e. The van der Waals surface area contributed by atoms with E-state index < -0.39 is 0 Å². The fourth-order valence-electron chi connectivity index (χ4n) is 1.64. The van der Waals surface area contributed by atoms with Gasteiger partial charge in [0.2, 0.25) is 5.91 Å². The number of carbonyl (C=O) groups is 2. The van der Waals surface area contributed by atoms with E-state index in [0.29, 0.717) is 24.2 Å². The number of nitrogens with zero attached hydrogens (tertiary/aromatic N) is 1. The number of amides is 2. The van der Waals surface area contributed by atoms with Crippen molar-refractivity contribution in [2.24, 2.45) is 0 Å². The van der Waals surface area contributed by atoms with Crippen LogP contribution in [-0.2, 0) is 4.79 Å². The second kappa shape index (κ2) is 3.73. The fraction of sp³-hybridized carbons (Fsp3) is 0.273. The number of anilines is 1. The largest absolute Gasteiger partial charge is 0.399 e. The van der Waals surface area contributed by atoms with Gasteiger partial charge in [-0.1, -0.05) is 0 Å². The number of nitrogens with two attached hydrogens (primary N) is 1. The van der Waals surface area contributed by atoms with E-state index in [1.54, 1.807) is 24.3 Å². The van der Waals surface area contributed by atoms with Crippen molar-refractivity contribution in [1.29, 1.82) is 0 Å². The monoisotopic (exact) mass is 204 g/mol. The summed E-state index contributed by atoms with van der Waals surface area (Å²) >= 11 is 0. The quantitative estimate of drug-likeness (QED) is 0.549. The molecule has 1 heterocycles. The van der Waals surface area contributed by atoms with Crippen LogP contribution in [0.25, 0.3) is 0 Å². The predicted octanol–water partition coefficient (Wildman–Crippen LogP) is 1.03. The maximum Gasteiger partial charge on any atom is 0.260 e. The van der Waals surface area contributed by atoms with E-state index in [1.807, 2.05) is 0 Å². The van der Waals surface area contributed by atoms with Crippen molar-refractivity contribution in [2.75, 3.05) is 12.3 Å². The number of likely N-dealkylation sites (tertiary alicyclic amines) is 1. The van der Waals surface area contributed by atoms with Gasteiger partial charge >= 0.3 is 0 Å². The van der Waals surface area contributed by atoms with Gasteiger partial charge in [-0.3, -0.25) is 14.5 Å². The highest BCUT2D eigenvalue weighted by molar-refractivity contribution is 6.05. The predicted molar refractivity (Wildman–Crippen MR) is 56.1 cm³/mol. The third-order valence-corrected chi connectivity index (χ3v) is 2.48. The molecule has 1 aromatic carbocycles. The Bertz CT molecular complexity index is 398. The molecule has 0 spiro atoms. The first kappa shape index (κ1) is 9.71. The molecule has 1 fully saturated rings. The number of nitrogen functional groups attached to an aromatic ring is 1. The summed E-state index contributed by atoms with van der Waals surface area (Å²) in [6, 6.07) is 6.61. The fourth-order valence-corrected chi connectivity index (χ4v) is 1.64. The maximum atomic E-state index is 11.8. The average Bonchev–Trinajstić information content (AvgIpc) is 2.65. The lowest BCUT2D eigenvalue weighted by Gasteiger charge is -2.13. The molecule has 1 aromatic rings. The lowest BCUT2D eigenvalue weighted by molar-refractivity contribution is -0.125. The van der Waals surface area contributed by atoms with Crippen LogP contribution < -0.4 is 5.73 Å². The maximum absolute atomic E-state index is 11.8. The summed E-state index contributed by atoms with van der Waals surface area (Å²) in [6.07, 6.45) is 1.24. The Balaban J connectivity index is 2.20. The molecule has 0 bridgehead atoms. The van der Waals surface area contributed by atoms with Crippen molar-refractivity contribution in [3.05, 3.63) is 29.8 Å². The summed E-state index contributed by atoms with van der Waals surface area (Å²) in [5.41, 5.74) is 6.64.